The lowest BCUT2D eigenvalue weighted by atomic mass is 10.1. The average molecular weight is 318 g/mol. The Morgan fingerprint density at radius 1 is 1.38 bits per heavy atom. The molecule has 0 atom stereocenters. The number of hydrogen-bond acceptors (Lipinski definition) is 2. The highest BCUT2D eigenvalue weighted by molar-refractivity contribution is 6.30. The third-order valence-electron chi connectivity index (χ3n) is 2.66. The third-order valence-corrected chi connectivity index (χ3v) is 2.90. The van der Waals surface area contributed by atoms with Crippen molar-refractivity contribution >= 4 is 23.2 Å². The fourth-order valence-electron chi connectivity index (χ4n) is 1.78. The summed E-state index contributed by atoms with van der Waals surface area (Å²) in [4.78, 5) is 11.8. The number of aromatic amines is 1. The number of nitrogens with one attached hydrogen (secondary N) is 2. The number of hydrogen-bond donors (Lipinski definition) is 2. The van der Waals surface area contributed by atoms with Crippen LogP contribution in [0.2, 0.25) is 5.02 Å². The first-order chi connectivity index (χ1) is 9.75. The molecule has 2 N–H and O–H groups in total. The number of benzene rings is 1. The van der Waals surface area contributed by atoms with E-state index in [1.165, 1.54) is 6.07 Å². The van der Waals surface area contributed by atoms with Crippen LogP contribution in [0.4, 0.5) is 18.9 Å². The van der Waals surface area contributed by atoms with Crippen LogP contribution < -0.4 is 5.32 Å². The highest BCUT2D eigenvalue weighted by Gasteiger charge is 2.34. The van der Waals surface area contributed by atoms with Crippen molar-refractivity contribution in [2.75, 3.05) is 5.32 Å². The van der Waals surface area contributed by atoms with E-state index >= 15 is 0 Å². The molecule has 1 aromatic heterocycles. The summed E-state index contributed by atoms with van der Waals surface area (Å²) in [5, 5.41) is 8.69. The molecule has 0 spiro atoms. The zero-order chi connectivity index (χ0) is 15.6. The lowest BCUT2D eigenvalue weighted by Gasteiger charge is -2.13. The first-order valence-corrected chi connectivity index (χ1v) is 6.31. The Labute approximate surface area is 123 Å². The fourth-order valence-corrected chi connectivity index (χ4v) is 1.96. The maximum atomic E-state index is 12.9. The number of aryl methyl sites for hydroxylation is 1. The normalized spacial score (nSPS) is 11.5. The number of halogens is 4. The molecule has 8 heteroatoms. The molecular weight excluding hydrogens is 307 g/mol. The fraction of sp³-hybridized carbons (Fsp3) is 0.231. The Kier molecular flexibility index (Phi) is 4.22. The van der Waals surface area contributed by atoms with Crippen LogP contribution >= 0.6 is 11.6 Å². The molecule has 1 aromatic carbocycles. The second-order valence-corrected chi connectivity index (χ2v) is 4.89. The van der Waals surface area contributed by atoms with Crippen molar-refractivity contribution < 1.29 is 18.0 Å². The van der Waals surface area contributed by atoms with Crippen molar-refractivity contribution in [3.05, 3.63) is 46.2 Å². The second kappa shape index (κ2) is 5.77. The lowest BCUT2D eigenvalue weighted by molar-refractivity contribution is -0.137. The Hall–Kier alpha value is -2.02. The highest BCUT2D eigenvalue weighted by atomic mass is 35.5. The molecule has 0 aliphatic rings. The van der Waals surface area contributed by atoms with E-state index in [-0.39, 0.29) is 17.1 Å². The van der Waals surface area contributed by atoms with Gasteiger partial charge in [-0.3, -0.25) is 9.89 Å². The smallest absolute Gasteiger partial charge is 0.325 e. The minimum absolute atomic E-state index is 0.0525. The van der Waals surface area contributed by atoms with Gasteiger partial charge in [0.2, 0.25) is 5.91 Å². The van der Waals surface area contributed by atoms with Gasteiger partial charge in [0, 0.05) is 10.7 Å². The average Bonchev–Trinajstić information content (AvgIpc) is 2.75. The molecule has 21 heavy (non-hydrogen) atoms. The first kappa shape index (κ1) is 15.4. The number of amides is 1. The van der Waals surface area contributed by atoms with Gasteiger partial charge in [-0.2, -0.15) is 18.3 Å². The summed E-state index contributed by atoms with van der Waals surface area (Å²) < 4.78 is 38.6. The lowest BCUT2D eigenvalue weighted by Crippen LogP contribution is -2.18. The number of carbonyl (C=O) groups excluding carboxylic acids is 1. The number of carbonyl (C=O) groups is 1. The van der Waals surface area contributed by atoms with Crippen LogP contribution in [0.5, 0.6) is 0 Å². The second-order valence-electron chi connectivity index (χ2n) is 4.45. The maximum absolute atomic E-state index is 12.9. The molecule has 1 heterocycles. The first-order valence-electron chi connectivity index (χ1n) is 5.93. The van der Waals surface area contributed by atoms with Gasteiger partial charge in [-0.25, -0.2) is 0 Å². The molecule has 0 radical (unpaired) electrons. The Morgan fingerprint density at radius 3 is 2.67 bits per heavy atom. The van der Waals surface area contributed by atoms with E-state index in [0.717, 1.165) is 17.8 Å². The van der Waals surface area contributed by atoms with Crippen molar-refractivity contribution in [2.24, 2.45) is 0 Å². The summed E-state index contributed by atoms with van der Waals surface area (Å²) in [6.45, 7) is 1.76. The van der Waals surface area contributed by atoms with Crippen LogP contribution in [0.3, 0.4) is 0 Å². The van der Waals surface area contributed by atoms with Gasteiger partial charge in [-0.15, -0.1) is 0 Å². The summed E-state index contributed by atoms with van der Waals surface area (Å²) in [5.74, 6) is -0.589. The summed E-state index contributed by atoms with van der Waals surface area (Å²) in [7, 11) is 0. The van der Waals surface area contributed by atoms with Gasteiger partial charge in [0.1, 0.15) is 0 Å². The van der Waals surface area contributed by atoms with E-state index in [9.17, 15) is 18.0 Å². The third kappa shape index (κ3) is 3.98. The Balaban J connectivity index is 2.17. The summed E-state index contributed by atoms with van der Waals surface area (Å²) >= 11 is 5.57. The Bertz CT molecular complexity index is 667. The van der Waals surface area contributed by atoms with Gasteiger partial charge in [0.25, 0.3) is 0 Å². The van der Waals surface area contributed by atoms with Crippen LogP contribution in [0.25, 0.3) is 0 Å². The summed E-state index contributed by atoms with van der Waals surface area (Å²) in [5.41, 5.74) is -0.0986. The zero-order valence-electron chi connectivity index (χ0n) is 10.9. The SMILES string of the molecule is Cc1cc(CC(=O)Nc2ccc(Cl)cc2C(F)(F)F)n[nH]1. The predicted octanol–water partition coefficient (Wildman–Crippen LogP) is 3.57. The molecule has 0 aliphatic carbocycles. The monoisotopic (exact) mass is 317 g/mol. The molecule has 2 rings (SSSR count). The predicted molar refractivity (Wildman–Crippen MR) is 72.1 cm³/mol. The van der Waals surface area contributed by atoms with Crippen molar-refractivity contribution in [3.63, 3.8) is 0 Å². The van der Waals surface area contributed by atoms with Crippen molar-refractivity contribution in [1.29, 1.82) is 0 Å². The van der Waals surface area contributed by atoms with E-state index in [1.54, 1.807) is 13.0 Å². The van der Waals surface area contributed by atoms with Crippen LogP contribution in [0.15, 0.2) is 24.3 Å². The molecule has 4 nitrogen and oxygen atoms in total. The van der Waals surface area contributed by atoms with Gasteiger partial charge in [-0.1, -0.05) is 11.6 Å². The number of alkyl halides is 3. The molecule has 112 valence electrons. The number of anilines is 1. The van der Waals surface area contributed by atoms with Crippen LogP contribution in [0.1, 0.15) is 17.0 Å². The molecule has 2 aromatic rings. The molecule has 0 aliphatic heterocycles. The largest absolute Gasteiger partial charge is 0.418 e. The minimum Gasteiger partial charge on any atom is -0.325 e. The molecule has 1 amide bonds. The minimum atomic E-state index is -4.60. The zero-order valence-corrected chi connectivity index (χ0v) is 11.6. The van der Waals surface area contributed by atoms with Gasteiger partial charge in [0.15, 0.2) is 0 Å². The van der Waals surface area contributed by atoms with E-state index in [2.05, 4.69) is 15.5 Å². The van der Waals surface area contributed by atoms with Gasteiger partial charge < -0.3 is 5.32 Å². The quantitative estimate of drug-likeness (QED) is 0.909. The topological polar surface area (TPSA) is 57.8 Å². The summed E-state index contributed by atoms with van der Waals surface area (Å²) in [6, 6.07) is 4.83. The Morgan fingerprint density at radius 2 is 2.10 bits per heavy atom. The van der Waals surface area contributed by atoms with Gasteiger partial charge in [-0.05, 0) is 31.2 Å². The number of aromatic nitrogens is 2. The molecule has 0 fully saturated rings. The van der Waals surface area contributed by atoms with E-state index < -0.39 is 17.6 Å². The van der Waals surface area contributed by atoms with Gasteiger partial charge in [0.05, 0.1) is 23.4 Å². The van der Waals surface area contributed by atoms with Crippen LogP contribution in [-0.2, 0) is 17.4 Å². The number of nitrogens with zero attached hydrogens (tertiary/aromatic N) is 1. The molecular formula is C13H11ClF3N3O. The van der Waals surface area contributed by atoms with Crippen molar-refractivity contribution in [2.45, 2.75) is 19.5 Å². The van der Waals surface area contributed by atoms with E-state index in [4.69, 9.17) is 11.6 Å². The highest BCUT2D eigenvalue weighted by Crippen LogP contribution is 2.36. The van der Waals surface area contributed by atoms with Crippen LogP contribution in [-0.4, -0.2) is 16.1 Å². The van der Waals surface area contributed by atoms with E-state index in [1.807, 2.05) is 0 Å². The standard InChI is InChI=1S/C13H11ClF3N3O/c1-7-4-9(20-19-7)6-12(21)18-11-3-2-8(14)5-10(11)13(15,16)17/h2-5H,6H2,1H3,(H,18,21)(H,19,20). The van der Waals surface area contributed by atoms with Crippen LogP contribution in [0, 0.1) is 6.92 Å². The van der Waals surface area contributed by atoms with Gasteiger partial charge >= 0.3 is 6.18 Å². The molecule has 0 saturated carbocycles. The maximum Gasteiger partial charge on any atom is 0.418 e. The van der Waals surface area contributed by atoms with Crippen molar-refractivity contribution in [3.8, 4) is 0 Å². The number of H-pyrrole nitrogens is 1. The molecule has 0 saturated heterocycles. The summed E-state index contributed by atoms with van der Waals surface area (Å²) in [6.07, 6.45) is -4.72. The number of rotatable bonds is 3. The van der Waals surface area contributed by atoms with Crippen molar-refractivity contribution in [1.82, 2.24) is 10.2 Å². The molecule has 0 unspecified atom stereocenters. The van der Waals surface area contributed by atoms with E-state index in [0.29, 0.717) is 5.69 Å². The molecule has 0 bridgehead atoms.